The van der Waals surface area contributed by atoms with Gasteiger partial charge in [0.15, 0.2) is 0 Å². The van der Waals surface area contributed by atoms with Crippen molar-refractivity contribution in [2.24, 2.45) is 0 Å². The molecule has 0 bridgehead atoms. The predicted molar refractivity (Wildman–Crippen MR) is 89.3 cm³/mol. The smallest absolute Gasteiger partial charge is 0.0890 e. The van der Waals surface area contributed by atoms with Gasteiger partial charge in [0.25, 0.3) is 0 Å². The van der Waals surface area contributed by atoms with Gasteiger partial charge < -0.3 is 5.32 Å². The molecular formula is C18H27N3. The molecule has 1 aromatic heterocycles. The number of rotatable bonds is 9. The van der Waals surface area contributed by atoms with E-state index in [1.165, 1.54) is 25.7 Å². The van der Waals surface area contributed by atoms with Crippen LogP contribution in [-0.2, 0) is 0 Å². The van der Waals surface area contributed by atoms with E-state index < -0.39 is 0 Å². The highest BCUT2D eigenvalue weighted by atomic mass is 14.9. The first-order chi connectivity index (χ1) is 10.3. The fourth-order valence-electron chi connectivity index (χ4n) is 2.59. The highest BCUT2D eigenvalue weighted by Gasteiger charge is 2.13. The van der Waals surface area contributed by atoms with Crippen LogP contribution in [0, 0.1) is 0 Å². The predicted octanol–water partition coefficient (Wildman–Crippen LogP) is 4.64. The Labute approximate surface area is 128 Å². The van der Waals surface area contributed by atoms with Gasteiger partial charge in [0.1, 0.15) is 0 Å². The zero-order valence-corrected chi connectivity index (χ0v) is 13.3. The van der Waals surface area contributed by atoms with Crippen LogP contribution in [0.3, 0.4) is 0 Å². The van der Waals surface area contributed by atoms with Crippen LogP contribution in [0.2, 0.25) is 0 Å². The Hall–Kier alpha value is -1.48. The highest BCUT2D eigenvalue weighted by Crippen LogP contribution is 2.20. The Bertz CT molecular complexity index is 539. The summed E-state index contributed by atoms with van der Waals surface area (Å²) < 4.78 is 0. The molecule has 0 saturated carbocycles. The summed E-state index contributed by atoms with van der Waals surface area (Å²) in [6.45, 7) is 5.49. The summed E-state index contributed by atoms with van der Waals surface area (Å²) >= 11 is 0. The van der Waals surface area contributed by atoms with Crippen molar-refractivity contribution >= 4 is 11.0 Å². The van der Waals surface area contributed by atoms with E-state index in [9.17, 15) is 0 Å². The SMILES string of the molecule is CCCCCCC(NCCC)c1cnc2ccccc2n1. The van der Waals surface area contributed by atoms with Crippen LogP contribution in [0.4, 0.5) is 0 Å². The largest absolute Gasteiger partial charge is 0.309 e. The molecular weight excluding hydrogens is 258 g/mol. The molecule has 2 rings (SSSR count). The van der Waals surface area contributed by atoms with E-state index >= 15 is 0 Å². The van der Waals surface area contributed by atoms with Crippen molar-refractivity contribution in [1.82, 2.24) is 15.3 Å². The van der Waals surface area contributed by atoms with Gasteiger partial charge in [-0.2, -0.15) is 0 Å². The molecule has 1 atom stereocenters. The summed E-state index contributed by atoms with van der Waals surface area (Å²) in [5.74, 6) is 0. The molecule has 0 amide bonds. The van der Waals surface area contributed by atoms with E-state index in [4.69, 9.17) is 4.98 Å². The Morgan fingerprint density at radius 3 is 2.57 bits per heavy atom. The van der Waals surface area contributed by atoms with Crippen LogP contribution in [-0.4, -0.2) is 16.5 Å². The van der Waals surface area contributed by atoms with Crippen LogP contribution in [0.1, 0.15) is 64.1 Å². The Morgan fingerprint density at radius 1 is 1.00 bits per heavy atom. The molecule has 2 aromatic rings. The third-order valence-corrected chi connectivity index (χ3v) is 3.81. The Balaban J connectivity index is 2.08. The molecule has 1 N–H and O–H groups in total. The number of hydrogen-bond acceptors (Lipinski definition) is 3. The lowest BCUT2D eigenvalue weighted by atomic mass is 10.0. The van der Waals surface area contributed by atoms with Crippen molar-refractivity contribution in [2.75, 3.05) is 6.54 Å². The lowest BCUT2D eigenvalue weighted by Crippen LogP contribution is -2.23. The van der Waals surface area contributed by atoms with Crippen LogP contribution in [0.15, 0.2) is 30.5 Å². The van der Waals surface area contributed by atoms with Crippen molar-refractivity contribution in [2.45, 2.75) is 58.4 Å². The molecule has 0 spiro atoms. The minimum atomic E-state index is 0.332. The monoisotopic (exact) mass is 285 g/mol. The fraction of sp³-hybridized carbons (Fsp3) is 0.556. The third-order valence-electron chi connectivity index (χ3n) is 3.81. The number of benzene rings is 1. The number of aromatic nitrogens is 2. The van der Waals surface area contributed by atoms with Crippen LogP contribution in [0.5, 0.6) is 0 Å². The molecule has 0 fully saturated rings. The van der Waals surface area contributed by atoms with E-state index in [1.807, 2.05) is 30.5 Å². The maximum atomic E-state index is 4.80. The minimum absolute atomic E-state index is 0.332. The van der Waals surface area contributed by atoms with Gasteiger partial charge in [-0.15, -0.1) is 0 Å². The molecule has 0 aliphatic carbocycles. The minimum Gasteiger partial charge on any atom is -0.309 e. The summed E-state index contributed by atoms with van der Waals surface area (Å²) in [7, 11) is 0. The molecule has 1 unspecified atom stereocenters. The first kappa shape index (κ1) is 15.9. The summed E-state index contributed by atoms with van der Waals surface area (Å²) in [6.07, 6.45) is 9.40. The van der Waals surface area contributed by atoms with E-state index in [1.54, 1.807) is 0 Å². The molecule has 1 aromatic carbocycles. The van der Waals surface area contributed by atoms with Crippen molar-refractivity contribution in [3.8, 4) is 0 Å². The summed E-state index contributed by atoms with van der Waals surface area (Å²) in [6, 6.07) is 8.42. The van der Waals surface area contributed by atoms with E-state index in [0.717, 1.165) is 36.1 Å². The van der Waals surface area contributed by atoms with Crippen LogP contribution >= 0.6 is 0 Å². The van der Waals surface area contributed by atoms with Gasteiger partial charge in [-0.25, -0.2) is 4.98 Å². The van der Waals surface area contributed by atoms with Gasteiger partial charge in [-0.1, -0.05) is 51.7 Å². The number of para-hydroxylation sites is 2. The molecule has 0 radical (unpaired) electrons. The molecule has 0 aliphatic heterocycles. The Kier molecular flexibility index (Phi) is 6.61. The van der Waals surface area contributed by atoms with Crippen molar-refractivity contribution in [1.29, 1.82) is 0 Å². The van der Waals surface area contributed by atoms with Gasteiger partial charge in [-0.05, 0) is 31.5 Å². The molecule has 114 valence electrons. The average molecular weight is 285 g/mol. The first-order valence-electron chi connectivity index (χ1n) is 8.30. The van der Waals surface area contributed by atoms with Gasteiger partial charge in [0.2, 0.25) is 0 Å². The summed E-state index contributed by atoms with van der Waals surface area (Å²) in [5, 5.41) is 3.62. The number of nitrogens with zero attached hydrogens (tertiary/aromatic N) is 2. The lowest BCUT2D eigenvalue weighted by Gasteiger charge is -2.18. The van der Waals surface area contributed by atoms with Crippen molar-refractivity contribution in [3.05, 3.63) is 36.2 Å². The Morgan fingerprint density at radius 2 is 1.81 bits per heavy atom. The van der Waals surface area contributed by atoms with E-state index in [0.29, 0.717) is 6.04 Å². The summed E-state index contributed by atoms with van der Waals surface area (Å²) in [5.41, 5.74) is 3.05. The standard InChI is InChI=1S/C18H27N3/c1-3-5-6-7-10-16(19-13-4-2)18-14-20-15-11-8-9-12-17(15)21-18/h8-9,11-12,14,16,19H,3-7,10,13H2,1-2H3. The van der Waals surface area contributed by atoms with Crippen LogP contribution in [0.25, 0.3) is 11.0 Å². The molecule has 0 aliphatic rings. The molecule has 3 heteroatoms. The molecule has 3 nitrogen and oxygen atoms in total. The van der Waals surface area contributed by atoms with Gasteiger partial charge in [0.05, 0.1) is 29.0 Å². The topological polar surface area (TPSA) is 37.8 Å². The van der Waals surface area contributed by atoms with E-state index in [2.05, 4.69) is 24.1 Å². The zero-order valence-electron chi connectivity index (χ0n) is 13.3. The first-order valence-corrected chi connectivity index (χ1v) is 8.30. The normalized spacial score (nSPS) is 12.7. The quantitative estimate of drug-likeness (QED) is 0.682. The number of hydrogen-bond donors (Lipinski definition) is 1. The zero-order chi connectivity index (χ0) is 14.9. The second-order valence-electron chi connectivity index (χ2n) is 5.64. The third kappa shape index (κ3) is 4.78. The molecule has 0 saturated heterocycles. The molecule has 1 heterocycles. The van der Waals surface area contributed by atoms with Crippen LogP contribution < -0.4 is 5.32 Å². The van der Waals surface area contributed by atoms with Crippen molar-refractivity contribution < 1.29 is 0 Å². The average Bonchev–Trinajstić information content (AvgIpc) is 2.54. The second kappa shape index (κ2) is 8.73. The lowest BCUT2D eigenvalue weighted by molar-refractivity contribution is 0.462. The molecule has 21 heavy (non-hydrogen) atoms. The summed E-state index contributed by atoms with van der Waals surface area (Å²) in [4.78, 5) is 9.35. The number of nitrogens with one attached hydrogen (secondary N) is 1. The maximum absolute atomic E-state index is 4.80. The fourth-order valence-corrected chi connectivity index (χ4v) is 2.59. The number of fused-ring (bicyclic) bond motifs is 1. The van der Waals surface area contributed by atoms with Gasteiger partial charge in [0, 0.05) is 0 Å². The van der Waals surface area contributed by atoms with Gasteiger partial charge in [-0.3, -0.25) is 4.98 Å². The van der Waals surface area contributed by atoms with Crippen molar-refractivity contribution in [3.63, 3.8) is 0 Å². The number of unbranched alkanes of at least 4 members (excludes halogenated alkanes) is 3. The highest BCUT2D eigenvalue weighted by molar-refractivity contribution is 5.73. The van der Waals surface area contributed by atoms with E-state index in [-0.39, 0.29) is 0 Å². The second-order valence-corrected chi connectivity index (χ2v) is 5.64. The van der Waals surface area contributed by atoms with Gasteiger partial charge >= 0.3 is 0 Å². The maximum Gasteiger partial charge on any atom is 0.0890 e.